The first kappa shape index (κ1) is 15.1. The number of anilines is 1. The standard InChI is InChI=1S/C18H18N4OS/c1-11-13-14(19)15(18(23)22-9-5-6-10-22)24-17(13)21-16(20-11)12-7-3-2-4-8-12/h2-4,7-8H,5-6,9-10,19H2,1H3. The first-order valence-corrected chi connectivity index (χ1v) is 8.88. The summed E-state index contributed by atoms with van der Waals surface area (Å²) in [5.74, 6) is 0.690. The van der Waals surface area contributed by atoms with Gasteiger partial charge in [0.2, 0.25) is 0 Å². The third-order valence-electron chi connectivity index (χ3n) is 4.39. The highest BCUT2D eigenvalue weighted by molar-refractivity contribution is 7.21. The van der Waals surface area contributed by atoms with Crippen LogP contribution in [-0.2, 0) is 0 Å². The average molecular weight is 338 g/mol. The minimum atomic E-state index is 0.0219. The molecule has 2 N–H and O–H groups in total. The number of benzene rings is 1. The fourth-order valence-corrected chi connectivity index (χ4v) is 4.25. The zero-order valence-electron chi connectivity index (χ0n) is 13.5. The molecule has 0 radical (unpaired) electrons. The average Bonchev–Trinajstić information content (AvgIpc) is 3.23. The molecule has 1 aromatic carbocycles. The molecule has 24 heavy (non-hydrogen) atoms. The number of likely N-dealkylation sites (tertiary alicyclic amines) is 1. The Labute approximate surface area is 144 Å². The summed E-state index contributed by atoms with van der Waals surface area (Å²) in [5.41, 5.74) is 8.57. The van der Waals surface area contributed by atoms with E-state index >= 15 is 0 Å². The normalized spacial score (nSPS) is 14.5. The summed E-state index contributed by atoms with van der Waals surface area (Å²) >= 11 is 1.37. The summed E-state index contributed by atoms with van der Waals surface area (Å²) in [7, 11) is 0. The van der Waals surface area contributed by atoms with E-state index in [1.807, 2.05) is 42.2 Å². The predicted molar refractivity (Wildman–Crippen MR) is 97.1 cm³/mol. The molecule has 3 aromatic rings. The number of nitrogens with zero attached hydrogens (tertiary/aromatic N) is 3. The molecular weight excluding hydrogens is 320 g/mol. The lowest BCUT2D eigenvalue weighted by atomic mass is 10.2. The molecule has 5 nitrogen and oxygen atoms in total. The third kappa shape index (κ3) is 2.43. The Morgan fingerprint density at radius 3 is 2.58 bits per heavy atom. The fraction of sp³-hybridized carbons (Fsp3) is 0.278. The molecule has 1 aliphatic heterocycles. The van der Waals surface area contributed by atoms with E-state index in [1.54, 1.807) is 0 Å². The van der Waals surface area contributed by atoms with Crippen LogP contribution in [0.1, 0.15) is 28.2 Å². The van der Waals surface area contributed by atoms with Crippen LogP contribution >= 0.6 is 11.3 Å². The summed E-state index contributed by atoms with van der Waals surface area (Å²) in [6.45, 7) is 3.54. The molecule has 0 spiro atoms. The van der Waals surface area contributed by atoms with E-state index in [2.05, 4.69) is 9.97 Å². The van der Waals surface area contributed by atoms with Crippen molar-refractivity contribution < 1.29 is 4.79 Å². The number of rotatable bonds is 2. The molecule has 1 saturated heterocycles. The van der Waals surface area contributed by atoms with Crippen molar-refractivity contribution in [2.75, 3.05) is 18.8 Å². The van der Waals surface area contributed by atoms with Gasteiger partial charge >= 0.3 is 0 Å². The van der Waals surface area contributed by atoms with Crippen molar-refractivity contribution in [1.82, 2.24) is 14.9 Å². The minimum absolute atomic E-state index is 0.0219. The van der Waals surface area contributed by atoms with Crippen LogP contribution in [0.3, 0.4) is 0 Å². The molecule has 4 rings (SSSR count). The monoisotopic (exact) mass is 338 g/mol. The molecule has 0 saturated carbocycles. The van der Waals surface area contributed by atoms with Gasteiger partial charge in [0.15, 0.2) is 5.82 Å². The second kappa shape index (κ2) is 5.87. The second-order valence-corrected chi connectivity index (χ2v) is 7.02. The molecule has 3 heterocycles. The Morgan fingerprint density at radius 2 is 1.88 bits per heavy atom. The van der Waals surface area contributed by atoms with Crippen molar-refractivity contribution in [2.45, 2.75) is 19.8 Å². The second-order valence-electron chi connectivity index (χ2n) is 6.02. The van der Waals surface area contributed by atoms with Gasteiger partial charge in [-0.2, -0.15) is 0 Å². The molecule has 122 valence electrons. The Balaban J connectivity index is 1.83. The molecular formula is C18H18N4OS. The maximum Gasteiger partial charge on any atom is 0.266 e. The van der Waals surface area contributed by atoms with E-state index in [0.29, 0.717) is 16.4 Å². The van der Waals surface area contributed by atoms with Gasteiger partial charge in [0.25, 0.3) is 5.91 Å². The number of aryl methyl sites for hydroxylation is 1. The van der Waals surface area contributed by atoms with Crippen LogP contribution in [-0.4, -0.2) is 33.9 Å². The summed E-state index contributed by atoms with van der Waals surface area (Å²) in [4.78, 5) is 25.2. The number of fused-ring (bicyclic) bond motifs is 1. The van der Waals surface area contributed by atoms with E-state index in [0.717, 1.165) is 47.4 Å². The lowest BCUT2D eigenvalue weighted by Gasteiger charge is -2.14. The van der Waals surface area contributed by atoms with Gasteiger partial charge < -0.3 is 10.6 Å². The zero-order valence-corrected chi connectivity index (χ0v) is 14.3. The molecule has 0 aliphatic carbocycles. The van der Waals surface area contributed by atoms with E-state index in [-0.39, 0.29) is 5.91 Å². The largest absolute Gasteiger partial charge is 0.397 e. The van der Waals surface area contributed by atoms with E-state index in [1.165, 1.54) is 11.3 Å². The Kier molecular flexibility index (Phi) is 3.69. The Hall–Kier alpha value is -2.47. The summed E-state index contributed by atoms with van der Waals surface area (Å²) in [6.07, 6.45) is 2.13. The maximum absolute atomic E-state index is 12.7. The van der Waals surface area contributed by atoms with Gasteiger partial charge in [-0.05, 0) is 19.8 Å². The Morgan fingerprint density at radius 1 is 1.17 bits per heavy atom. The topological polar surface area (TPSA) is 72.1 Å². The number of thiophene rings is 1. The molecule has 1 aliphatic rings. The SMILES string of the molecule is Cc1nc(-c2ccccc2)nc2sc(C(=O)N3CCCC3)c(N)c12. The highest BCUT2D eigenvalue weighted by Gasteiger charge is 2.26. The van der Waals surface area contributed by atoms with Crippen molar-refractivity contribution in [1.29, 1.82) is 0 Å². The van der Waals surface area contributed by atoms with Crippen LogP contribution in [0.4, 0.5) is 5.69 Å². The van der Waals surface area contributed by atoms with Crippen LogP contribution in [0.2, 0.25) is 0 Å². The van der Waals surface area contributed by atoms with Gasteiger partial charge in [0, 0.05) is 18.7 Å². The summed E-state index contributed by atoms with van der Waals surface area (Å²) < 4.78 is 0. The minimum Gasteiger partial charge on any atom is -0.397 e. The number of nitrogen functional groups attached to an aromatic ring is 1. The first-order chi connectivity index (χ1) is 11.6. The lowest BCUT2D eigenvalue weighted by molar-refractivity contribution is 0.0798. The third-order valence-corrected chi connectivity index (χ3v) is 5.48. The van der Waals surface area contributed by atoms with Gasteiger partial charge in [-0.15, -0.1) is 11.3 Å². The molecule has 0 unspecified atom stereocenters. The quantitative estimate of drug-likeness (QED) is 0.776. The van der Waals surface area contributed by atoms with Crippen molar-refractivity contribution in [2.24, 2.45) is 0 Å². The highest BCUT2D eigenvalue weighted by atomic mass is 32.1. The van der Waals surface area contributed by atoms with E-state index in [4.69, 9.17) is 5.73 Å². The van der Waals surface area contributed by atoms with Gasteiger partial charge in [0.1, 0.15) is 9.71 Å². The smallest absolute Gasteiger partial charge is 0.266 e. The molecule has 1 amide bonds. The molecule has 2 aromatic heterocycles. The van der Waals surface area contributed by atoms with Crippen LogP contribution in [0, 0.1) is 6.92 Å². The molecule has 6 heteroatoms. The van der Waals surface area contributed by atoms with Crippen LogP contribution in [0.5, 0.6) is 0 Å². The lowest BCUT2D eigenvalue weighted by Crippen LogP contribution is -2.27. The van der Waals surface area contributed by atoms with Crippen molar-refractivity contribution in [3.63, 3.8) is 0 Å². The number of amides is 1. The molecule has 0 bridgehead atoms. The molecule has 0 atom stereocenters. The number of aromatic nitrogens is 2. The van der Waals surface area contributed by atoms with Gasteiger partial charge in [0.05, 0.1) is 16.8 Å². The summed E-state index contributed by atoms with van der Waals surface area (Å²) in [6, 6.07) is 9.85. The van der Waals surface area contributed by atoms with Crippen LogP contribution in [0.25, 0.3) is 21.6 Å². The van der Waals surface area contributed by atoms with Crippen molar-refractivity contribution >= 4 is 33.1 Å². The van der Waals surface area contributed by atoms with Gasteiger partial charge in [-0.1, -0.05) is 30.3 Å². The van der Waals surface area contributed by atoms with Crippen molar-refractivity contribution in [3.8, 4) is 11.4 Å². The Bertz CT molecular complexity index is 914. The number of carbonyl (C=O) groups is 1. The summed E-state index contributed by atoms with van der Waals surface area (Å²) in [5, 5.41) is 0.808. The fourth-order valence-electron chi connectivity index (χ4n) is 3.13. The van der Waals surface area contributed by atoms with Crippen LogP contribution < -0.4 is 5.73 Å². The van der Waals surface area contributed by atoms with E-state index in [9.17, 15) is 4.79 Å². The molecule has 1 fully saturated rings. The first-order valence-electron chi connectivity index (χ1n) is 8.06. The van der Waals surface area contributed by atoms with Gasteiger partial charge in [-0.3, -0.25) is 4.79 Å². The van der Waals surface area contributed by atoms with Crippen LogP contribution in [0.15, 0.2) is 30.3 Å². The van der Waals surface area contributed by atoms with E-state index < -0.39 is 0 Å². The maximum atomic E-state index is 12.7. The van der Waals surface area contributed by atoms with Crippen molar-refractivity contribution in [3.05, 3.63) is 40.9 Å². The number of hydrogen-bond acceptors (Lipinski definition) is 5. The number of hydrogen-bond donors (Lipinski definition) is 1. The zero-order chi connectivity index (χ0) is 16.7. The highest BCUT2D eigenvalue weighted by Crippen LogP contribution is 2.36. The predicted octanol–water partition coefficient (Wildman–Crippen LogP) is 3.48. The number of nitrogens with two attached hydrogens (primary N) is 1. The van der Waals surface area contributed by atoms with Gasteiger partial charge in [-0.25, -0.2) is 9.97 Å². The number of carbonyl (C=O) groups excluding carboxylic acids is 1.